The molecule has 0 spiro atoms. The minimum atomic E-state index is -0.331. The van der Waals surface area contributed by atoms with E-state index in [1.54, 1.807) is 43.5 Å². The fourth-order valence-electron chi connectivity index (χ4n) is 2.46. The smallest absolute Gasteiger partial charge is 0.243 e. The van der Waals surface area contributed by atoms with Gasteiger partial charge < -0.3 is 24.8 Å². The van der Waals surface area contributed by atoms with Gasteiger partial charge in [0.1, 0.15) is 5.75 Å². The minimum Gasteiger partial charge on any atom is -0.493 e. The highest BCUT2D eigenvalue weighted by molar-refractivity contribution is 5.95. The maximum Gasteiger partial charge on any atom is 0.243 e. The summed E-state index contributed by atoms with van der Waals surface area (Å²) >= 11 is 0. The average Bonchev–Trinajstić information content (AvgIpc) is 2.68. The molecule has 7 heteroatoms. The first-order chi connectivity index (χ1) is 13.1. The number of nitrogens with one attached hydrogen (secondary N) is 2. The van der Waals surface area contributed by atoms with Crippen LogP contribution in [0.5, 0.6) is 17.2 Å². The zero-order valence-corrected chi connectivity index (χ0v) is 15.7. The van der Waals surface area contributed by atoms with Crippen LogP contribution in [0.25, 0.3) is 0 Å². The first-order valence-electron chi connectivity index (χ1n) is 8.56. The summed E-state index contributed by atoms with van der Waals surface area (Å²) in [5.41, 5.74) is 1.32. The van der Waals surface area contributed by atoms with Gasteiger partial charge in [-0.3, -0.25) is 9.59 Å². The summed E-state index contributed by atoms with van der Waals surface area (Å²) in [6, 6.07) is 12.4. The number of carbonyl (C=O) groups excluding carboxylic acids is 2. The van der Waals surface area contributed by atoms with Gasteiger partial charge in [0.15, 0.2) is 11.5 Å². The Labute approximate surface area is 158 Å². The first-order valence-corrected chi connectivity index (χ1v) is 8.56. The summed E-state index contributed by atoms with van der Waals surface area (Å²) in [6.07, 6.45) is 0.128. The second-order valence-electron chi connectivity index (χ2n) is 5.62. The quantitative estimate of drug-likeness (QED) is 0.706. The van der Waals surface area contributed by atoms with Gasteiger partial charge in [0.05, 0.1) is 39.5 Å². The Morgan fingerprint density at radius 3 is 2.37 bits per heavy atom. The van der Waals surface area contributed by atoms with E-state index in [1.165, 1.54) is 7.11 Å². The topological polar surface area (TPSA) is 85.9 Å². The molecule has 0 heterocycles. The van der Waals surface area contributed by atoms with Crippen LogP contribution in [0.1, 0.15) is 12.5 Å². The largest absolute Gasteiger partial charge is 0.493 e. The molecule has 0 saturated heterocycles. The molecule has 7 nitrogen and oxygen atoms in total. The molecule has 0 radical (unpaired) electrons. The molecule has 2 aromatic rings. The lowest BCUT2D eigenvalue weighted by atomic mass is 10.1. The number of amides is 2. The third-order valence-corrected chi connectivity index (χ3v) is 3.72. The summed E-state index contributed by atoms with van der Waals surface area (Å²) < 4.78 is 15.9. The zero-order valence-electron chi connectivity index (χ0n) is 15.7. The summed E-state index contributed by atoms with van der Waals surface area (Å²) in [5, 5.41) is 5.34. The molecule has 0 fully saturated rings. The monoisotopic (exact) mass is 372 g/mol. The van der Waals surface area contributed by atoms with E-state index in [1.807, 2.05) is 13.0 Å². The van der Waals surface area contributed by atoms with E-state index in [9.17, 15) is 9.59 Å². The van der Waals surface area contributed by atoms with Crippen molar-refractivity contribution in [3.05, 3.63) is 48.0 Å². The van der Waals surface area contributed by atoms with Crippen LogP contribution in [0, 0.1) is 0 Å². The molecular formula is C20H24N2O5. The van der Waals surface area contributed by atoms with Crippen molar-refractivity contribution in [1.29, 1.82) is 0 Å². The van der Waals surface area contributed by atoms with E-state index in [2.05, 4.69) is 10.6 Å². The van der Waals surface area contributed by atoms with Crippen LogP contribution in [0.3, 0.4) is 0 Å². The Morgan fingerprint density at radius 1 is 0.926 bits per heavy atom. The van der Waals surface area contributed by atoms with Gasteiger partial charge in [-0.15, -0.1) is 0 Å². The number of ether oxygens (including phenoxy) is 3. The Bertz CT molecular complexity index is 792. The minimum absolute atomic E-state index is 0.128. The van der Waals surface area contributed by atoms with Gasteiger partial charge in [0.25, 0.3) is 0 Å². The van der Waals surface area contributed by atoms with Crippen molar-refractivity contribution in [2.24, 2.45) is 0 Å². The number of hydrogen-bond donors (Lipinski definition) is 2. The van der Waals surface area contributed by atoms with Crippen LogP contribution in [0.2, 0.25) is 0 Å². The molecule has 144 valence electrons. The van der Waals surface area contributed by atoms with E-state index in [-0.39, 0.29) is 24.8 Å². The average molecular weight is 372 g/mol. The van der Waals surface area contributed by atoms with Crippen LogP contribution >= 0.6 is 0 Å². The van der Waals surface area contributed by atoms with E-state index < -0.39 is 0 Å². The third-order valence-electron chi connectivity index (χ3n) is 3.72. The van der Waals surface area contributed by atoms with Gasteiger partial charge in [-0.1, -0.05) is 18.2 Å². The first kappa shape index (κ1) is 20.1. The molecule has 2 aromatic carbocycles. The number of hydrogen-bond acceptors (Lipinski definition) is 5. The molecular weight excluding hydrogens is 348 g/mol. The van der Waals surface area contributed by atoms with Crippen LogP contribution in [0.15, 0.2) is 42.5 Å². The molecule has 0 aromatic heterocycles. The highest BCUT2D eigenvalue weighted by Gasteiger charge is 2.11. The van der Waals surface area contributed by atoms with Gasteiger partial charge >= 0.3 is 0 Å². The van der Waals surface area contributed by atoms with E-state index >= 15 is 0 Å². The van der Waals surface area contributed by atoms with E-state index in [4.69, 9.17) is 14.2 Å². The van der Waals surface area contributed by atoms with Crippen LogP contribution < -0.4 is 24.8 Å². The second kappa shape index (κ2) is 10.1. The molecule has 0 aliphatic rings. The summed E-state index contributed by atoms with van der Waals surface area (Å²) in [5.74, 6) is 1.13. The number of carbonyl (C=O) groups is 2. The molecule has 0 atom stereocenters. The van der Waals surface area contributed by atoms with Crippen molar-refractivity contribution >= 4 is 17.5 Å². The SMILES string of the molecule is CCOc1ccccc1NC(=O)CNC(=O)Cc1ccc(OC)c(OC)c1. The van der Waals surface area contributed by atoms with Gasteiger partial charge in [0.2, 0.25) is 11.8 Å². The number of benzene rings is 2. The van der Waals surface area contributed by atoms with Crippen molar-refractivity contribution in [3.8, 4) is 17.2 Å². The Balaban J connectivity index is 1.87. The molecule has 2 amide bonds. The van der Waals surface area contributed by atoms with Crippen LogP contribution in [-0.2, 0) is 16.0 Å². The lowest BCUT2D eigenvalue weighted by Crippen LogP contribution is -2.33. The lowest BCUT2D eigenvalue weighted by molar-refractivity contribution is -0.123. The van der Waals surface area contributed by atoms with Gasteiger partial charge in [-0.25, -0.2) is 0 Å². The van der Waals surface area contributed by atoms with Crippen LogP contribution in [-0.4, -0.2) is 39.2 Å². The van der Waals surface area contributed by atoms with Gasteiger partial charge in [-0.05, 0) is 36.8 Å². The van der Waals surface area contributed by atoms with E-state index in [0.29, 0.717) is 29.5 Å². The van der Waals surface area contributed by atoms with Crippen molar-refractivity contribution in [3.63, 3.8) is 0 Å². The van der Waals surface area contributed by atoms with Crippen molar-refractivity contribution in [1.82, 2.24) is 5.32 Å². The number of anilines is 1. The van der Waals surface area contributed by atoms with Crippen LogP contribution in [0.4, 0.5) is 5.69 Å². The number of para-hydroxylation sites is 2. The molecule has 0 bridgehead atoms. The lowest BCUT2D eigenvalue weighted by Gasteiger charge is -2.12. The molecule has 0 saturated carbocycles. The standard InChI is InChI=1S/C20H24N2O5/c1-4-27-16-8-6-5-7-15(16)22-20(24)13-21-19(23)12-14-9-10-17(25-2)18(11-14)26-3/h5-11H,4,12-13H2,1-3H3,(H,21,23)(H,22,24). The predicted octanol–water partition coefficient (Wildman–Crippen LogP) is 2.40. The summed E-state index contributed by atoms with van der Waals surface area (Å²) in [4.78, 5) is 24.2. The predicted molar refractivity (Wildman–Crippen MR) is 103 cm³/mol. The second-order valence-corrected chi connectivity index (χ2v) is 5.62. The highest BCUT2D eigenvalue weighted by atomic mass is 16.5. The molecule has 2 rings (SSSR count). The normalized spacial score (nSPS) is 10.0. The molecule has 0 unspecified atom stereocenters. The van der Waals surface area contributed by atoms with Crippen molar-refractivity contribution in [2.45, 2.75) is 13.3 Å². The van der Waals surface area contributed by atoms with Gasteiger partial charge in [-0.2, -0.15) is 0 Å². The fraction of sp³-hybridized carbons (Fsp3) is 0.300. The number of rotatable bonds is 9. The Hall–Kier alpha value is -3.22. The summed E-state index contributed by atoms with van der Waals surface area (Å²) in [7, 11) is 3.08. The molecule has 2 N–H and O–H groups in total. The fourth-order valence-corrected chi connectivity index (χ4v) is 2.46. The van der Waals surface area contributed by atoms with Gasteiger partial charge in [0, 0.05) is 0 Å². The third kappa shape index (κ3) is 5.91. The highest BCUT2D eigenvalue weighted by Crippen LogP contribution is 2.27. The Kier molecular flexibility index (Phi) is 7.49. The van der Waals surface area contributed by atoms with E-state index in [0.717, 1.165) is 5.56 Å². The molecule has 27 heavy (non-hydrogen) atoms. The number of methoxy groups -OCH3 is 2. The maximum atomic E-state index is 12.1. The Morgan fingerprint density at radius 2 is 1.67 bits per heavy atom. The molecule has 0 aliphatic carbocycles. The molecule has 0 aliphatic heterocycles. The van der Waals surface area contributed by atoms with Crippen molar-refractivity contribution in [2.75, 3.05) is 32.7 Å². The van der Waals surface area contributed by atoms with Crippen molar-refractivity contribution < 1.29 is 23.8 Å². The zero-order chi connectivity index (χ0) is 19.6. The maximum absolute atomic E-state index is 12.1. The summed E-state index contributed by atoms with van der Waals surface area (Å²) in [6.45, 7) is 2.23.